The van der Waals surface area contributed by atoms with E-state index in [1.807, 2.05) is 13.0 Å². The van der Waals surface area contributed by atoms with Gasteiger partial charge in [-0.15, -0.1) is 12.4 Å². The first-order chi connectivity index (χ1) is 12.7. The van der Waals surface area contributed by atoms with Gasteiger partial charge in [0.15, 0.2) is 0 Å². The Kier molecular flexibility index (Phi) is 6.58. The van der Waals surface area contributed by atoms with Gasteiger partial charge in [-0.05, 0) is 38.1 Å². The summed E-state index contributed by atoms with van der Waals surface area (Å²) in [7, 11) is 0. The Morgan fingerprint density at radius 1 is 1.04 bits per heavy atom. The Labute approximate surface area is 167 Å². The van der Waals surface area contributed by atoms with Crippen LogP contribution in [0.2, 0.25) is 0 Å². The second-order valence-electron chi connectivity index (χ2n) is 7.22. The van der Waals surface area contributed by atoms with Crippen LogP contribution in [0.5, 0.6) is 0 Å². The molecule has 0 N–H and O–H groups in total. The van der Waals surface area contributed by atoms with Crippen LogP contribution in [0.15, 0.2) is 45.9 Å². The molecule has 27 heavy (non-hydrogen) atoms. The molecule has 1 aromatic carbocycles. The van der Waals surface area contributed by atoms with Crippen molar-refractivity contribution in [2.45, 2.75) is 32.7 Å². The predicted octanol–water partition coefficient (Wildman–Crippen LogP) is 4.35. The molecule has 1 atom stereocenters. The topological polar surface area (TPSA) is 41.2 Å². The van der Waals surface area contributed by atoms with Crippen LogP contribution in [0.1, 0.15) is 36.0 Å². The molecule has 1 aromatic heterocycles. The number of nitrogens with zero attached hydrogens (tertiary/aromatic N) is 3. The molecule has 0 spiro atoms. The van der Waals surface area contributed by atoms with Gasteiger partial charge in [-0.1, -0.05) is 17.7 Å². The maximum Gasteiger partial charge on any atom is 0.129 e. The van der Waals surface area contributed by atoms with Gasteiger partial charge in [-0.25, -0.2) is 0 Å². The van der Waals surface area contributed by atoms with Crippen LogP contribution in [-0.2, 0) is 4.74 Å². The number of morpholine rings is 1. The molecule has 2 aromatic rings. The molecule has 0 amide bonds. The minimum Gasteiger partial charge on any atom is -0.464 e. The SMILES string of the molecule is Cc1ccc(N2N=C(CCN3CCOCC3)CC2c2ccc(C)o2)cc1.Cl. The number of rotatable bonds is 5. The maximum absolute atomic E-state index is 5.94. The molecule has 2 aliphatic heterocycles. The van der Waals surface area contributed by atoms with Crippen molar-refractivity contribution in [3.05, 3.63) is 53.5 Å². The third kappa shape index (κ3) is 4.72. The Bertz CT molecular complexity index is 766. The summed E-state index contributed by atoms with van der Waals surface area (Å²) in [6, 6.07) is 12.8. The quantitative estimate of drug-likeness (QED) is 0.762. The standard InChI is InChI=1S/C21H27N3O2.ClH/c1-16-3-6-19(7-4-16)24-20(21-8-5-17(2)26-21)15-18(22-24)9-10-23-11-13-25-14-12-23;/h3-8,20H,9-15H2,1-2H3;1H. The van der Waals surface area contributed by atoms with Gasteiger partial charge in [-0.2, -0.15) is 5.10 Å². The summed E-state index contributed by atoms with van der Waals surface area (Å²) in [6.45, 7) is 8.89. The zero-order chi connectivity index (χ0) is 17.9. The molecule has 1 fully saturated rings. The van der Waals surface area contributed by atoms with Crippen LogP contribution in [0.25, 0.3) is 0 Å². The van der Waals surface area contributed by atoms with Gasteiger partial charge in [0.1, 0.15) is 17.6 Å². The summed E-state index contributed by atoms with van der Waals surface area (Å²) in [5, 5.41) is 7.10. The molecular formula is C21H28ClN3O2. The van der Waals surface area contributed by atoms with Crippen LogP contribution >= 0.6 is 12.4 Å². The summed E-state index contributed by atoms with van der Waals surface area (Å²) >= 11 is 0. The second kappa shape index (κ2) is 8.91. The van der Waals surface area contributed by atoms with Gasteiger partial charge < -0.3 is 9.15 Å². The molecule has 6 heteroatoms. The lowest BCUT2D eigenvalue weighted by Gasteiger charge is -2.26. The van der Waals surface area contributed by atoms with E-state index in [-0.39, 0.29) is 18.4 Å². The van der Waals surface area contributed by atoms with Crippen molar-refractivity contribution < 1.29 is 9.15 Å². The van der Waals surface area contributed by atoms with E-state index in [2.05, 4.69) is 47.2 Å². The number of hydrogen-bond donors (Lipinski definition) is 0. The fraction of sp³-hybridized carbons (Fsp3) is 0.476. The Hall–Kier alpha value is -1.82. The second-order valence-corrected chi connectivity index (χ2v) is 7.22. The van der Waals surface area contributed by atoms with E-state index in [1.165, 1.54) is 11.3 Å². The van der Waals surface area contributed by atoms with E-state index in [0.29, 0.717) is 0 Å². The van der Waals surface area contributed by atoms with Crippen molar-refractivity contribution in [1.82, 2.24) is 4.90 Å². The van der Waals surface area contributed by atoms with Crippen molar-refractivity contribution in [2.75, 3.05) is 37.9 Å². The fourth-order valence-electron chi connectivity index (χ4n) is 3.63. The van der Waals surface area contributed by atoms with E-state index < -0.39 is 0 Å². The number of hydrazone groups is 1. The molecule has 0 aliphatic carbocycles. The predicted molar refractivity (Wildman–Crippen MR) is 111 cm³/mol. The molecule has 1 saturated heterocycles. The lowest BCUT2D eigenvalue weighted by atomic mass is 10.1. The third-order valence-corrected chi connectivity index (χ3v) is 5.18. The van der Waals surface area contributed by atoms with Gasteiger partial charge in [-0.3, -0.25) is 9.91 Å². The number of ether oxygens (including phenoxy) is 1. The Morgan fingerprint density at radius 2 is 1.78 bits per heavy atom. The molecule has 146 valence electrons. The van der Waals surface area contributed by atoms with E-state index in [0.717, 1.165) is 62.9 Å². The summed E-state index contributed by atoms with van der Waals surface area (Å²) in [4.78, 5) is 2.46. The first kappa shape index (κ1) is 19.9. The maximum atomic E-state index is 5.94. The molecule has 5 nitrogen and oxygen atoms in total. The lowest BCUT2D eigenvalue weighted by molar-refractivity contribution is 0.0392. The molecule has 0 bridgehead atoms. The molecule has 1 unspecified atom stereocenters. The van der Waals surface area contributed by atoms with E-state index in [1.54, 1.807) is 0 Å². The van der Waals surface area contributed by atoms with Gasteiger partial charge >= 0.3 is 0 Å². The number of hydrogen-bond acceptors (Lipinski definition) is 5. The van der Waals surface area contributed by atoms with E-state index in [9.17, 15) is 0 Å². The first-order valence-corrected chi connectivity index (χ1v) is 9.48. The lowest BCUT2D eigenvalue weighted by Crippen LogP contribution is -2.37. The third-order valence-electron chi connectivity index (χ3n) is 5.18. The van der Waals surface area contributed by atoms with Crippen LogP contribution in [0, 0.1) is 13.8 Å². The highest BCUT2D eigenvalue weighted by Gasteiger charge is 2.31. The molecular weight excluding hydrogens is 362 g/mol. The van der Waals surface area contributed by atoms with Crippen molar-refractivity contribution in [1.29, 1.82) is 0 Å². The number of aryl methyl sites for hydroxylation is 2. The first-order valence-electron chi connectivity index (χ1n) is 9.48. The molecule has 0 radical (unpaired) electrons. The van der Waals surface area contributed by atoms with E-state index >= 15 is 0 Å². The minimum absolute atomic E-state index is 0. The summed E-state index contributed by atoms with van der Waals surface area (Å²) in [5.74, 6) is 1.94. The molecule has 2 aliphatic rings. The highest BCUT2D eigenvalue weighted by atomic mass is 35.5. The Morgan fingerprint density at radius 3 is 2.44 bits per heavy atom. The van der Waals surface area contributed by atoms with Gasteiger partial charge in [0.05, 0.1) is 18.9 Å². The Balaban J connectivity index is 0.00000210. The van der Waals surface area contributed by atoms with Gasteiger partial charge in [0, 0.05) is 38.2 Å². The summed E-state index contributed by atoms with van der Waals surface area (Å²) in [5.41, 5.74) is 3.63. The molecule has 4 rings (SSSR count). The van der Waals surface area contributed by atoms with Crippen molar-refractivity contribution >= 4 is 23.8 Å². The van der Waals surface area contributed by atoms with Crippen LogP contribution in [-0.4, -0.2) is 43.5 Å². The molecule has 0 saturated carbocycles. The molecule has 3 heterocycles. The average Bonchev–Trinajstić information content (AvgIpc) is 3.28. The number of benzene rings is 1. The van der Waals surface area contributed by atoms with Crippen molar-refractivity contribution in [2.24, 2.45) is 5.10 Å². The minimum atomic E-state index is 0. The van der Waals surface area contributed by atoms with Gasteiger partial charge in [0.25, 0.3) is 0 Å². The van der Waals surface area contributed by atoms with Crippen molar-refractivity contribution in [3.63, 3.8) is 0 Å². The largest absolute Gasteiger partial charge is 0.464 e. The van der Waals surface area contributed by atoms with Crippen LogP contribution in [0.4, 0.5) is 5.69 Å². The highest BCUT2D eigenvalue weighted by Crippen LogP contribution is 2.36. The van der Waals surface area contributed by atoms with Crippen molar-refractivity contribution in [3.8, 4) is 0 Å². The van der Waals surface area contributed by atoms with Crippen LogP contribution in [0.3, 0.4) is 0 Å². The highest BCUT2D eigenvalue weighted by molar-refractivity contribution is 5.89. The normalized spacial score (nSPS) is 20.4. The number of halogens is 1. The van der Waals surface area contributed by atoms with E-state index in [4.69, 9.17) is 14.3 Å². The average molecular weight is 390 g/mol. The fourth-order valence-corrected chi connectivity index (χ4v) is 3.63. The smallest absolute Gasteiger partial charge is 0.129 e. The number of furan rings is 1. The zero-order valence-corrected chi connectivity index (χ0v) is 16.9. The number of anilines is 1. The summed E-state index contributed by atoms with van der Waals surface area (Å²) in [6.07, 6.45) is 1.92. The zero-order valence-electron chi connectivity index (χ0n) is 16.1. The monoisotopic (exact) mass is 389 g/mol. The van der Waals surface area contributed by atoms with Crippen LogP contribution < -0.4 is 5.01 Å². The van der Waals surface area contributed by atoms with Gasteiger partial charge in [0.2, 0.25) is 0 Å². The summed E-state index contributed by atoms with van der Waals surface area (Å²) < 4.78 is 11.4.